The first kappa shape index (κ1) is 16.7. The molecule has 128 valence electrons. The van der Waals surface area contributed by atoms with E-state index in [4.69, 9.17) is 14.2 Å². The van der Waals surface area contributed by atoms with Crippen LogP contribution in [0.25, 0.3) is 0 Å². The van der Waals surface area contributed by atoms with Gasteiger partial charge >= 0.3 is 0 Å². The van der Waals surface area contributed by atoms with Crippen molar-refractivity contribution in [3.63, 3.8) is 0 Å². The van der Waals surface area contributed by atoms with E-state index in [0.717, 1.165) is 17.9 Å². The van der Waals surface area contributed by atoms with Gasteiger partial charge in [0.05, 0.1) is 25.9 Å². The Bertz CT molecular complexity index is 542. The largest absolute Gasteiger partial charge is 0.497 e. The van der Waals surface area contributed by atoms with Gasteiger partial charge in [-0.1, -0.05) is 12.1 Å². The van der Waals surface area contributed by atoms with Gasteiger partial charge in [0.25, 0.3) is 0 Å². The maximum atomic E-state index is 11.5. The first-order chi connectivity index (χ1) is 11.0. The van der Waals surface area contributed by atoms with E-state index in [2.05, 4.69) is 4.90 Å². The molecule has 1 aromatic rings. The van der Waals surface area contributed by atoms with Gasteiger partial charge in [0.2, 0.25) is 0 Å². The van der Waals surface area contributed by atoms with Crippen LogP contribution in [-0.4, -0.2) is 56.8 Å². The van der Waals surface area contributed by atoms with E-state index in [1.807, 2.05) is 38.4 Å². The lowest BCUT2D eigenvalue weighted by Crippen LogP contribution is -2.51. The second kappa shape index (κ2) is 6.40. The summed E-state index contributed by atoms with van der Waals surface area (Å²) >= 11 is 0. The molecule has 23 heavy (non-hydrogen) atoms. The predicted octanol–water partition coefficient (Wildman–Crippen LogP) is 1.99. The van der Waals surface area contributed by atoms with E-state index in [-0.39, 0.29) is 5.92 Å². The van der Waals surface area contributed by atoms with E-state index < -0.39 is 11.4 Å². The molecule has 3 rings (SSSR count). The third-order valence-corrected chi connectivity index (χ3v) is 5.09. The summed E-state index contributed by atoms with van der Waals surface area (Å²) in [5.41, 5.74) is 0.0240. The summed E-state index contributed by atoms with van der Waals surface area (Å²) in [7, 11) is 5.71. The Morgan fingerprint density at radius 2 is 2.00 bits per heavy atom. The fraction of sp³-hybridized carbons (Fsp3) is 0.667. The van der Waals surface area contributed by atoms with Gasteiger partial charge in [-0.05, 0) is 38.2 Å². The number of rotatable bonds is 4. The molecule has 1 aliphatic heterocycles. The third kappa shape index (κ3) is 3.24. The fourth-order valence-electron chi connectivity index (χ4n) is 3.92. The van der Waals surface area contributed by atoms with Crippen molar-refractivity contribution in [3.8, 4) is 5.75 Å². The summed E-state index contributed by atoms with van der Waals surface area (Å²) in [4.78, 5) is 2.11. The minimum absolute atomic E-state index is 0.0384. The molecule has 2 atom stereocenters. The number of benzene rings is 1. The van der Waals surface area contributed by atoms with Gasteiger partial charge in [0.1, 0.15) is 5.75 Å². The molecule has 1 N–H and O–H groups in total. The summed E-state index contributed by atoms with van der Waals surface area (Å²) in [6.45, 7) is 2.07. The van der Waals surface area contributed by atoms with Gasteiger partial charge < -0.3 is 24.2 Å². The monoisotopic (exact) mass is 321 g/mol. The van der Waals surface area contributed by atoms with Crippen molar-refractivity contribution in [3.05, 3.63) is 29.8 Å². The minimum atomic E-state index is -0.890. The summed E-state index contributed by atoms with van der Waals surface area (Å²) in [6.07, 6.45) is 2.04. The van der Waals surface area contributed by atoms with Crippen LogP contribution in [0.15, 0.2) is 24.3 Å². The number of ether oxygens (including phenoxy) is 3. The van der Waals surface area contributed by atoms with Gasteiger partial charge in [-0.25, -0.2) is 0 Å². The van der Waals surface area contributed by atoms with E-state index >= 15 is 0 Å². The van der Waals surface area contributed by atoms with Crippen molar-refractivity contribution in [1.29, 1.82) is 0 Å². The smallest absolute Gasteiger partial charge is 0.169 e. The standard InChI is InChI=1S/C18H27NO4/c1-19(2)13-15-12-17(22-9-10-23-17)7-8-18(15,20)14-5-4-6-16(11-14)21-3/h4-6,11,15,20H,7-10,12-13H2,1-3H3. The quantitative estimate of drug-likeness (QED) is 0.919. The molecule has 0 bridgehead atoms. The molecule has 0 radical (unpaired) electrons. The van der Waals surface area contributed by atoms with Gasteiger partial charge in [-0.2, -0.15) is 0 Å². The molecule has 1 saturated carbocycles. The zero-order valence-electron chi connectivity index (χ0n) is 14.2. The number of nitrogens with zero attached hydrogens (tertiary/aromatic N) is 1. The second-order valence-corrected chi connectivity index (χ2v) is 6.93. The number of methoxy groups -OCH3 is 1. The zero-order valence-corrected chi connectivity index (χ0v) is 14.2. The molecule has 1 heterocycles. The van der Waals surface area contributed by atoms with Crippen LogP contribution < -0.4 is 4.74 Å². The highest BCUT2D eigenvalue weighted by Crippen LogP contribution is 2.49. The summed E-state index contributed by atoms with van der Waals surface area (Å²) in [5.74, 6) is 0.302. The molecule has 5 nitrogen and oxygen atoms in total. The van der Waals surface area contributed by atoms with E-state index in [1.54, 1.807) is 7.11 Å². The first-order valence-electron chi connectivity index (χ1n) is 8.27. The number of aliphatic hydroxyl groups is 1. The van der Waals surface area contributed by atoms with Crippen molar-refractivity contribution in [2.75, 3.05) is 41.0 Å². The molecule has 5 heteroatoms. The average Bonchev–Trinajstić information content (AvgIpc) is 2.99. The number of hydrogen-bond acceptors (Lipinski definition) is 5. The highest BCUT2D eigenvalue weighted by Gasteiger charge is 2.52. The van der Waals surface area contributed by atoms with E-state index in [0.29, 0.717) is 32.5 Å². The molecule has 1 spiro atoms. The molecule has 1 saturated heterocycles. The van der Waals surface area contributed by atoms with Crippen LogP contribution in [0.2, 0.25) is 0 Å². The highest BCUT2D eigenvalue weighted by molar-refractivity contribution is 5.33. The first-order valence-corrected chi connectivity index (χ1v) is 8.27. The van der Waals surface area contributed by atoms with Crippen molar-refractivity contribution in [2.45, 2.75) is 30.7 Å². The van der Waals surface area contributed by atoms with E-state index in [1.165, 1.54) is 0 Å². The second-order valence-electron chi connectivity index (χ2n) is 6.93. The maximum Gasteiger partial charge on any atom is 0.169 e. The molecular weight excluding hydrogens is 294 g/mol. The van der Waals surface area contributed by atoms with Crippen LogP contribution in [0.1, 0.15) is 24.8 Å². The predicted molar refractivity (Wildman–Crippen MR) is 87.4 cm³/mol. The van der Waals surface area contributed by atoms with Crippen LogP contribution >= 0.6 is 0 Å². The molecule has 1 aliphatic carbocycles. The molecular formula is C18H27NO4. The molecule has 0 amide bonds. The maximum absolute atomic E-state index is 11.5. The van der Waals surface area contributed by atoms with Crippen molar-refractivity contribution < 1.29 is 19.3 Å². The fourth-order valence-corrected chi connectivity index (χ4v) is 3.92. The topological polar surface area (TPSA) is 51.2 Å². The van der Waals surface area contributed by atoms with E-state index in [9.17, 15) is 5.11 Å². The third-order valence-electron chi connectivity index (χ3n) is 5.09. The van der Waals surface area contributed by atoms with Crippen molar-refractivity contribution in [1.82, 2.24) is 4.90 Å². The molecule has 2 fully saturated rings. The lowest BCUT2D eigenvalue weighted by molar-refractivity contribution is -0.226. The highest BCUT2D eigenvalue weighted by atomic mass is 16.7. The van der Waals surface area contributed by atoms with Gasteiger partial charge in [-0.3, -0.25) is 0 Å². The number of hydrogen-bond donors (Lipinski definition) is 1. The Labute approximate surface area is 138 Å². The minimum Gasteiger partial charge on any atom is -0.497 e. The van der Waals surface area contributed by atoms with Gasteiger partial charge in [-0.15, -0.1) is 0 Å². The Kier molecular flexibility index (Phi) is 4.65. The summed E-state index contributed by atoms with van der Waals surface area (Å²) in [6, 6.07) is 7.77. The lowest BCUT2D eigenvalue weighted by Gasteiger charge is -2.47. The Morgan fingerprint density at radius 1 is 1.26 bits per heavy atom. The molecule has 2 aliphatic rings. The molecule has 2 unspecified atom stereocenters. The van der Waals surface area contributed by atoms with Crippen LogP contribution in [-0.2, 0) is 15.1 Å². The SMILES string of the molecule is COc1cccc(C2(O)CCC3(CC2CN(C)C)OCCO3)c1. The average molecular weight is 321 g/mol. The molecule has 0 aromatic heterocycles. The Hall–Kier alpha value is -1.14. The van der Waals surface area contributed by atoms with Crippen molar-refractivity contribution in [2.24, 2.45) is 5.92 Å². The Morgan fingerprint density at radius 3 is 2.65 bits per heavy atom. The van der Waals surface area contributed by atoms with Gasteiger partial charge in [0.15, 0.2) is 5.79 Å². The summed E-state index contributed by atoms with van der Waals surface area (Å²) < 4.78 is 17.1. The zero-order chi connectivity index (χ0) is 16.5. The normalized spacial score (nSPS) is 30.0. The summed E-state index contributed by atoms with van der Waals surface area (Å²) in [5, 5.41) is 11.5. The van der Waals surface area contributed by atoms with Gasteiger partial charge in [0, 0.05) is 25.3 Å². The van der Waals surface area contributed by atoms with Crippen LogP contribution in [0.3, 0.4) is 0 Å². The Balaban J connectivity index is 1.91. The lowest BCUT2D eigenvalue weighted by atomic mass is 9.69. The van der Waals surface area contributed by atoms with Crippen LogP contribution in [0.4, 0.5) is 0 Å². The van der Waals surface area contributed by atoms with Crippen LogP contribution in [0, 0.1) is 5.92 Å². The molecule has 1 aromatic carbocycles. The van der Waals surface area contributed by atoms with Crippen LogP contribution in [0.5, 0.6) is 5.75 Å². The van der Waals surface area contributed by atoms with Crippen molar-refractivity contribution >= 4 is 0 Å².